The highest BCUT2D eigenvalue weighted by molar-refractivity contribution is 5.33. The molecule has 2 aromatic rings. The van der Waals surface area contributed by atoms with Crippen LogP contribution in [0.1, 0.15) is 120 Å². The van der Waals surface area contributed by atoms with Gasteiger partial charge in [0.1, 0.15) is 0 Å². The first-order valence-corrected chi connectivity index (χ1v) is 13.6. The van der Waals surface area contributed by atoms with E-state index in [1.807, 2.05) is 13.1 Å². The summed E-state index contributed by atoms with van der Waals surface area (Å²) in [4.78, 5) is 9.32. The number of aryl methyl sites for hydroxylation is 1. The lowest BCUT2D eigenvalue weighted by atomic mass is 9.86. The van der Waals surface area contributed by atoms with Gasteiger partial charge in [-0.05, 0) is 58.8 Å². The van der Waals surface area contributed by atoms with E-state index in [2.05, 4.69) is 22.0 Å². The van der Waals surface area contributed by atoms with Crippen LogP contribution in [0.4, 0.5) is 22.0 Å². The zero-order valence-electron chi connectivity index (χ0n) is 22.9. The molecule has 0 spiro atoms. The summed E-state index contributed by atoms with van der Waals surface area (Å²) >= 11 is 0. The van der Waals surface area contributed by atoms with Crippen molar-refractivity contribution in [2.75, 3.05) is 6.54 Å². The smallest absolute Gasteiger partial charge is 0.386 e. The zero-order chi connectivity index (χ0) is 28.3. The first kappa shape index (κ1) is 31.9. The Morgan fingerprint density at radius 2 is 1.71 bits per heavy atom. The summed E-state index contributed by atoms with van der Waals surface area (Å²) in [5.74, 6) is -1.54. The summed E-state index contributed by atoms with van der Waals surface area (Å²) in [7, 11) is 0. The highest BCUT2D eigenvalue weighted by Gasteiger charge is 2.22. The van der Waals surface area contributed by atoms with Crippen LogP contribution in [-0.2, 0) is 0 Å². The van der Waals surface area contributed by atoms with E-state index in [0.29, 0.717) is 31.0 Å². The van der Waals surface area contributed by atoms with Crippen molar-refractivity contribution < 1.29 is 22.0 Å². The van der Waals surface area contributed by atoms with E-state index in [4.69, 9.17) is 10.7 Å². The summed E-state index contributed by atoms with van der Waals surface area (Å²) in [6.07, 6.45) is 9.43. The minimum Gasteiger partial charge on any atom is -0.389 e. The fourth-order valence-corrected chi connectivity index (χ4v) is 4.64. The Bertz CT molecular complexity index is 978. The Kier molecular flexibility index (Phi) is 12.4. The first-order valence-electron chi connectivity index (χ1n) is 13.6. The summed E-state index contributed by atoms with van der Waals surface area (Å²) in [5.41, 5.74) is 10.2. The molecule has 3 heterocycles. The molecule has 0 bridgehead atoms. The molecule has 1 saturated carbocycles. The van der Waals surface area contributed by atoms with Crippen molar-refractivity contribution in [1.82, 2.24) is 24.9 Å². The number of hydrogen-bond donors (Lipinski definition) is 2. The molecular weight excluding hydrogens is 503 g/mol. The van der Waals surface area contributed by atoms with Gasteiger partial charge >= 0.3 is 6.18 Å². The van der Waals surface area contributed by atoms with Crippen molar-refractivity contribution in [3.8, 4) is 0 Å². The lowest BCUT2D eigenvalue weighted by Gasteiger charge is -2.21. The number of nitrogens with zero attached hydrogens (tertiary/aromatic N) is 4. The molecule has 4 rings (SSSR count). The highest BCUT2D eigenvalue weighted by Crippen LogP contribution is 2.33. The lowest BCUT2D eigenvalue weighted by molar-refractivity contribution is -0.110. The van der Waals surface area contributed by atoms with E-state index in [9.17, 15) is 22.0 Å². The monoisotopic (exact) mass is 546 g/mol. The number of allylic oxidation sites excluding steroid dienone is 1. The predicted octanol–water partition coefficient (Wildman–Crippen LogP) is 7.54. The average Bonchev–Trinajstić information content (AvgIpc) is 3.24. The van der Waals surface area contributed by atoms with Crippen molar-refractivity contribution in [3.05, 3.63) is 35.6 Å². The first-order chi connectivity index (χ1) is 17.7. The van der Waals surface area contributed by atoms with E-state index in [-0.39, 0.29) is 19.4 Å². The van der Waals surface area contributed by atoms with Crippen LogP contribution in [0.15, 0.2) is 18.5 Å². The number of aromatic nitrogens is 4. The van der Waals surface area contributed by atoms with Gasteiger partial charge in [-0.25, -0.2) is 23.3 Å². The molecule has 1 saturated heterocycles. The molecule has 1 unspecified atom stereocenters. The number of fused-ring (bicyclic) bond motifs is 1. The fourth-order valence-electron chi connectivity index (χ4n) is 4.64. The number of rotatable bonds is 7. The van der Waals surface area contributed by atoms with Gasteiger partial charge in [-0.15, -0.1) is 0 Å². The van der Waals surface area contributed by atoms with Crippen molar-refractivity contribution in [1.29, 1.82) is 0 Å². The van der Waals surface area contributed by atoms with Crippen LogP contribution < -0.4 is 11.1 Å². The number of nitrogens with two attached hydrogens (primary N) is 1. The van der Waals surface area contributed by atoms with Gasteiger partial charge < -0.3 is 11.1 Å². The largest absolute Gasteiger partial charge is 0.389 e. The van der Waals surface area contributed by atoms with E-state index < -0.39 is 12.1 Å². The van der Waals surface area contributed by atoms with Crippen LogP contribution in [0.2, 0.25) is 0 Å². The van der Waals surface area contributed by atoms with Crippen LogP contribution in [0.5, 0.6) is 0 Å². The van der Waals surface area contributed by atoms with Crippen molar-refractivity contribution >= 4 is 5.78 Å². The molecule has 2 aromatic heterocycles. The third-order valence-electron chi connectivity index (χ3n) is 6.57. The number of piperidine rings is 1. The lowest BCUT2D eigenvalue weighted by Crippen LogP contribution is -2.18. The number of imidazole rings is 1. The van der Waals surface area contributed by atoms with E-state index in [0.717, 1.165) is 30.6 Å². The SMILES string of the molecule is C=C1CCCCN1.CC(F)(F)F.Cc1nn2cc(C(N)CCCCC(C)(F)F)nc2nc1C1CCCCC1. The molecule has 0 radical (unpaired) electrons. The van der Waals surface area contributed by atoms with Gasteiger partial charge in [0.25, 0.3) is 5.78 Å². The molecule has 6 nitrogen and oxygen atoms in total. The second-order valence-electron chi connectivity index (χ2n) is 10.5. The molecule has 2 fully saturated rings. The Morgan fingerprint density at radius 3 is 2.24 bits per heavy atom. The molecule has 1 atom stereocenters. The zero-order valence-corrected chi connectivity index (χ0v) is 22.9. The molecular formula is C27H43F5N6. The average molecular weight is 547 g/mol. The van der Waals surface area contributed by atoms with Gasteiger partial charge in [0.2, 0.25) is 5.92 Å². The molecule has 0 aromatic carbocycles. The highest BCUT2D eigenvalue weighted by atomic mass is 19.4. The second kappa shape index (κ2) is 14.7. The Hall–Kier alpha value is -2.30. The Balaban J connectivity index is 0.000000348. The van der Waals surface area contributed by atoms with Crippen molar-refractivity contribution in [3.63, 3.8) is 0 Å². The third kappa shape index (κ3) is 12.5. The number of halogens is 5. The van der Waals surface area contributed by atoms with E-state index in [1.165, 1.54) is 57.1 Å². The molecule has 11 heteroatoms. The van der Waals surface area contributed by atoms with Gasteiger partial charge in [-0.2, -0.15) is 18.3 Å². The van der Waals surface area contributed by atoms with Crippen molar-refractivity contribution in [2.24, 2.45) is 5.73 Å². The maximum absolute atomic E-state index is 12.9. The summed E-state index contributed by atoms with van der Waals surface area (Å²) in [6, 6.07) is -0.276. The minimum absolute atomic E-state index is 0.0993. The Morgan fingerprint density at radius 1 is 1.05 bits per heavy atom. The number of hydrogen-bond acceptors (Lipinski definition) is 5. The van der Waals surface area contributed by atoms with Crippen LogP contribution in [0.3, 0.4) is 0 Å². The van der Waals surface area contributed by atoms with Gasteiger partial charge in [0, 0.05) is 37.5 Å². The van der Waals surface area contributed by atoms with Gasteiger partial charge in [0.05, 0.1) is 23.3 Å². The van der Waals surface area contributed by atoms with Gasteiger partial charge in [-0.3, -0.25) is 0 Å². The van der Waals surface area contributed by atoms with Crippen LogP contribution in [0.25, 0.3) is 5.78 Å². The fraction of sp³-hybridized carbons (Fsp3) is 0.741. The van der Waals surface area contributed by atoms with E-state index in [1.54, 1.807) is 4.52 Å². The van der Waals surface area contributed by atoms with Gasteiger partial charge in [-0.1, -0.05) is 32.3 Å². The summed E-state index contributed by atoms with van der Waals surface area (Å²) < 4.78 is 58.5. The van der Waals surface area contributed by atoms with Crippen molar-refractivity contribution in [2.45, 2.75) is 122 Å². The topological polar surface area (TPSA) is 81.1 Å². The van der Waals surface area contributed by atoms with E-state index >= 15 is 0 Å². The quantitative estimate of drug-likeness (QED) is 0.277. The molecule has 3 N–H and O–H groups in total. The standard InChI is InChI=1S/C19H29F2N5.C6H11N.C2H3F3/c1-13-17(14-8-4-3-5-9-14)24-18-23-16(12-26(18)25-13)15(22)10-6-7-11-19(2,20)21;1-6-4-2-3-5-7-6;1-2(3,4)5/h12,14-15H,3-11,22H2,1-2H3;7H,1-5H2;1H3. The molecule has 0 amide bonds. The molecule has 2 aliphatic rings. The minimum atomic E-state index is -4.00. The van der Waals surface area contributed by atoms with Crippen LogP contribution in [0, 0.1) is 6.92 Å². The summed E-state index contributed by atoms with van der Waals surface area (Å²) in [5, 5.41) is 7.81. The number of unbranched alkanes of at least 4 members (excludes halogenated alkanes) is 1. The van der Waals surface area contributed by atoms with Crippen LogP contribution >= 0.6 is 0 Å². The van der Waals surface area contributed by atoms with Gasteiger partial charge in [0.15, 0.2) is 0 Å². The molecule has 38 heavy (non-hydrogen) atoms. The Labute approximate surface area is 222 Å². The maximum atomic E-state index is 12.9. The number of nitrogens with one attached hydrogen (secondary N) is 1. The number of alkyl halides is 5. The summed E-state index contributed by atoms with van der Waals surface area (Å²) in [6.45, 7) is 8.09. The molecule has 1 aliphatic carbocycles. The molecule has 1 aliphatic heterocycles. The normalized spacial score (nSPS) is 17.7. The molecule has 216 valence electrons. The van der Waals surface area contributed by atoms with Crippen LogP contribution in [-0.4, -0.2) is 38.2 Å². The third-order valence-corrected chi connectivity index (χ3v) is 6.57. The predicted molar refractivity (Wildman–Crippen MR) is 140 cm³/mol. The second-order valence-corrected chi connectivity index (χ2v) is 10.5. The maximum Gasteiger partial charge on any atom is 0.386 e.